The number of hydrogen-bond acceptors (Lipinski definition) is 4. The summed E-state index contributed by atoms with van der Waals surface area (Å²) < 4.78 is 1.80. The van der Waals surface area contributed by atoms with Gasteiger partial charge in [-0.1, -0.05) is 6.42 Å². The fourth-order valence-corrected chi connectivity index (χ4v) is 2.90. The zero-order valence-electron chi connectivity index (χ0n) is 12.5. The number of nitrogens with one attached hydrogen (secondary N) is 1. The van der Waals surface area contributed by atoms with E-state index in [1.165, 1.54) is 0 Å². The number of amides is 1. The molecule has 2 aromatic heterocycles. The van der Waals surface area contributed by atoms with E-state index in [1.807, 2.05) is 18.3 Å². The van der Waals surface area contributed by atoms with Crippen LogP contribution < -0.4 is 11.1 Å². The molecule has 6 heteroatoms. The van der Waals surface area contributed by atoms with Gasteiger partial charge in [-0.25, -0.2) is 0 Å². The molecule has 0 aromatic carbocycles. The van der Waals surface area contributed by atoms with E-state index in [4.69, 9.17) is 5.73 Å². The zero-order chi connectivity index (χ0) is 15.4. The minimum atomic E-state index is 0.0206. The molecule has 3 rings (SSSR count). The first-order valence-electron chi connectivity index (χ1n) is 7.68. The lowest BCUT2D eigenvalue weighted by Gasteiger charge is -2.25. The van der Waals surface area contributed by atoms with Crippen molar-refractivity contribution in [2.75, 3.05) is 5.32 Å². The molecule has 6 nitrogen and oxygen atoms in total. The Balaban J connectivity index is 1.58. The standard InChI is InChI=1S/C16H21N5O/c17-14-3-1-2-13(8-14)16(22)20-15-9-19-21(11-15)10-12-4-6-18-7-5-12/h4-7,9,11,13-14H,1-3,8,10,17H2,(H,20,22). The van der Waals surface area contributed by atoms with Crippen molar-refractivity contribution in [2.24, 2.45) is 11.7 Å². The second-order valence-electron chi connectivity index (χ2n) is 5.89. The first-order valence-corrected chi connectivity index (χ1v) is 7.68. The Morgan fingerprint density at radius 3 is 2.95 bits per heavy atom. The molecule has 1 amide bonds. The molecule has 1 aliphatic carbocycles. The highest BCUT2D eigenvalue weighted by molar-refractivity contribution is 5.92. The number of nitrogens with zero attached hydrogens (tertiary/aromatic N) is 3. The van der Waals surface area contributed by atoms with E-state index in [9.17, 15) is 4.79 Å². The molecule has 3 N–H and O–H groups in total. The fraction of sp³-hybridized carbons (Fsp3) is 0.438. The smallest absolute Gasteiger partial charge is 0.227 e. The summed E-state index contributed by atoms with van der Waals surface area (Å²) in [5.74, 6) is 0.0749. The molecule has 116 valence electrons. The molecule has 2 unspecified atom stereocenters. The molecule has 2 atom stereocenters. The highest BCUT2D eigenvalue weighted by atomic mass is 16.1. The third-order valence-corrected chi connectivity index (χ3v) is 4.08. The molecule has 0 saturated heterocycles. The minimum absolute atomic E-state index is 0.0206. The van der Waals surface area contributed by atoms with Gasteiger partial charge in [0.25, 0.3) is 0 Å². The lowest BCUT2D eigenvalue weighted by atomic mass is 9.85. The molecular formula is C16H21N5O. The van der Waals surface area contributed by atoms with Crippen LogP contribution in [0.25, 0.3) is 0 Å². The van der Waals surface area contributed by atoms with Gasteiger partial charge in [0, 0.05) is 30.6 Å². The quantitative estimate of drug-likeness (QED) is 0.901. The largest absolute Gasteiger partial charge is 0.328 e. The Morgan fingerprint density at radius 1 is 1.36 bits per heavy atom. The molecule has 1 fully saturated rings. The first kappa shape index (κ1) is 14.7. The minimum Gasteiger partial charge on any atom is -0.328 e. The van der Waals surface area contributed by atoms with Gasteiger partial charge in [-0.15, -0.1) is 0 Å². The first-order chi connectivity index (χ1) is 10.7. The van der Waals surface area contributed by atoms with Crippen molar-refractivity contribution in [3.63, 3.8) is 0 Å². The van der Waals surface area contributed by atoms with E-state index in [0.717, 1.165) is 36.9 Å². The molecular weight excluding hydrogens is 278 g/mol. The lowest BCUT2D eigenvalue weighted by Crippen LogP contribution is -2.34. The average Bonchev–Trinajstić information content (AvgIpc) is 2.95. The van der Waals surface area contributed by atoms with Gasteiger partial charge in [0.1, 0.15) is 0 Å². The fourth-order valence-electron chi connectivity index (χ4n) is 2.90. The molecule has 2 heterocycles. The molecule has 0 radical (unpaired) electrons. The van der Waals surface area contributed by atoms with Crippen molar-refractivity contribution in [1.29, 1.82) is 0 Å². The highest BCUT2D eigenvalue weighted by Crippen LogP contribution is 2.24. The molecule has 2 aromatic rings. The molecule has 0 bridgehead atoms. The van der Waals surface area contributed by atoms with E-state index >= 15 is 0 Å². The van der Waals surface area contributed by atoms with Crippen molar-refractivity contribution in [3.8, 4) is 0 Å². The van der Waals surface area contributed by atoms with E-state index in [2.05, 4.69) is 15.4 Å². The Morgan fingerprint density at radius 2 is 2.18 bits per heavy atom. The van der Waals surface area contributed by atoms with Gasteiger partial charge in [-0.05, 0) is 37.0 Å². The monoisotopic (exact) mass is 299 g/mol. The van der Waals surface area contributed by atoms with Crippen LogP contribution in [0.4, 0.5) is 5.69 Å². The van der Waals surface area contributed by atoms with Gasteiger partial charge in [-0.3, -0.25) is 14.5 Å². The van der Waals surface area contributed by atoms with Gasteiger partial charge in [0.15, 0.2) is 0 Å². The van der Waals surface area contributed by atoms with Crippen molar-refractivity contribution in [2.45, 2.75) is 38.3 Å². The van der Waals surface area contributed by atoms with E-state index in [1.54, 1.807) is 23.3 Å². The number of aromatic nitrogens is 3. The van der Waals surface area contributed by atoms with Crippen LogP contribution in [0.2, 0.25) is 0 Å². The Kier molecular flexibility index (Phi) is 4.48. The van der Waals surface area contributed by atoms with Crippen molar-refractivity contribution in [1.82, 2.24) is 14.8 Å². The third kappa shape index (κ3) is 3.71. The van der Waals surface area contributed by atoms with Crippen molar-refractivity contribution >= 4 is 11.6 Å². The molecule has 0 aliphatic heterocycles. The topological polar surface area (TPSA) is 85.8 Å². The summed E-state index contributed by atoms with van der Waals surface area (Å²) in [6.45, 7) is 0.659. The molecule has 0 spiro atoms. The summed E-state index contributed by atoms with van der Waals surface area (Å²) in [4.78, 5) is 16.3. The maximum absolute atomic E-state index is 12.3. The zero-order valence-corrected chi connectivity index (χ0v) is 12.5. The van der Waals surface area contributed by atoms with Crippen LogP contribution in [-0.4, -0.2) is 26.7 Å². The predicted octanol–water partition coefficient (Wildman–Crippen LogP) is 1.78. The Bertz CT molecular complexity index is 624. The summed E-state index contributed by atoms with van der Waals surface area (Å²) in [6, 6.07) is 4.05. The summed E-state index contributed by atoms with van der Waals surface area (Å²) in [5, 5.41) is 7.23. The number of carbonyl (C=O) groups excluding carboxylic acids is 1. The van der Waals surface area contributed by atoms with Crippen LogP contribution in [-0.2, 0) is 11.3 Å². The van der Waals surface area contributed by atoms with Gasteiger partial charge >= 0.3 is 0 Å². The van der Waals surface area contributed by atoms with E-state index in [-0.39, 0.29) is 17.9 Å². The summed E-state index contributed by atoms with van der Waals surface area (Å²) in [6.07, 6.45) is 10.8. The van der Waals surface area contributed by atoms with Crippen LogP contribution in [0.5, 0.6) is 0 Å². The normalized spacial score (nSPS) is 21.5. The highest BCUT2D eigenvalue weighted by Gasteiger charge is 2.25. The second-order valence-corrected chi connectivity index (χ2v) is 5.89. The van der Waals surface area contributed by atoms with E-state index in [0.29, 0.717) is 6.54 Å². The summed E-state index contributed by atoms with van der Waals surface area (Å²) in [5.41, 5.74) is 7.80. The number of hydrogen-bond donors (Lipinski definition) is 2. The number of nitrogens with two attached hydrogens (primary N) is 1. The van der Waals surface area contributed by atoms with Crippen LogP contribution in [0.3, 0.4) is 0 Å². The maximum Gasteiger partial charge on any atom is 0.227 e. The van der Waals surface area contributed by atoms with Crippen LogP contribution in [0.15, 0.2) is 36.9 Å². The lowest BCUT2D eigenvalue weighted by molar-refractivity contribution is -0.120. The summed E-state index contributed by atoms with van der Waals surface area (Å²) >= 11 is 0. The molecule has 1 aliphatic rings. The van der Waals surface area contributed by atoms with Gasteiger partial charge in [0.05, 0.1) is 18.4 Å². The van der Waals surface area contributed by atoms with Crippen LogP contribution in [0, 0.1) is 5.92 Å². The van der Waals surface area contributed by atoms with Gasteiger partial charge in [0.2, 0.25) is 5.91 Å². The average molecular weight is 299 g/mol. The Hall–Kier alpha value is -2.21. The number of pyridine rings is 1. The second kappa shape index (κ2) is 6.70. The SMILES string of the molecule is NC1CCCC(C(=O)Nc2cnn(Cc3ccncc3)c2)C1. The van der Waals surface area contributed by atoms with E-state index < -0.39 is 0 Å². The third-order valence-electron chi connectivity index (χ3n) is 4.08. The maximum atomic E-state index is 12.3. The van der Waals surface area contributed by atoms with Crippen LogP contribution >= 0.6 is 0 Å². The molecule has 1 saturated carbocycles. The van der Waals surface area contributed by atoms with Gasteiger partial charge in [-0.2, -0.15) is 5.10 Å². The Labute approximate surface area is 129 Å². The van der Waals surface area contributed by atoms with Crippen LogP contribution in [0.1, 0.15) is 31.2 Å². The predicted molar refractivity (Wildman–Crippen MR) is 84.1 cm³/mol. The number of anilines is 1. The van der Waals surface area contributed by atoms with Crippen molar-refractivity contribution < 1.29 is 4.79 Å². The van der Waals surface area contributed by atoms with Crippen molar-refractivity contribution in [3.05, 3.63) is 42.5 Å². The number of rotatable bonds is 4. The number of carbonyl (C=O) groups is 1. The van der Waals surface area contributed by atoms with Gasteiger partial charge < -0.3 is 11.1 Å². The molecule has 22 heavy (non-hydrogen) atoms. The summed E-state index contributed by atoms with van der Waals surface area (Å²) in [7, 11) is 0.